The number of likely N-dealkylation sites (tertiary alicyclic amines) is 1. The first-order chi connectivity index (χ1) is 17.2. The van der Waals surface area contributed by atoms with Gasteiger partial charge in [-0.1, -0.05) is 29.8 Å². The van der Waals surface area contributed by atoms with E-state index in [9.17, 15) is 14.7 Å². The van der Waals surface area contributed by atoms with Crippen LogP contribution < -0.4 is 10.6 Å². The second kappa shape index (κ2) is 10.8. The van der Waals surface area contributed by atoms with Crippen molar-refractivity contribution in [1.29, 1.82) is 5.26 Å². The van der Waals surface area contributed by atoms with E-state index in [0.717, 1.165) is 19.4 Å². The number of hydrogen-bond donors (Lipinski definition) is 3. The predicted octanol–water partition coefficient (Wildman–Crippen LogP) is 3.12. The summed E-state index contributed by atoms with van der Waals surface area (Å²) in [6, 6.07) is 17.0. The zero-order chi connectivity index (χ0) is 25.9. The van der Waals surface area contributed by atoms with E-state index in [2.05, 4.69) is 41.8 Å². The third-order valence-electron chi connectivity index (χ3n) is 7.44. The molecule has 0 aromatic heterocycles. The number of carbonyl (C=O) groups is 2. The number of aliphatic hydroxyl groups is 1. The molecular formula is C29H36N4O3. The van der Waals surface area contributed by atoms with Crippen molar-refractivity contribution in [2.24, 2.45) is 5.92 Å². The number of rotatable bonds is 10. The molecule has 0 radical (unpaired) electrons. The van der Waals surface area contributed by atoms with Crippen LogP contribution in [0.4, 0.5) is 0 Å². The molecule has 7 nitrogen and oxygen atoms in total. The first kappa shape index (κ1) is 25.9. The Morgan fingerprint density at radius 3 is 2.42 bits per heavy atom. The van der Waals surface area contributed by atoms with Gasteiger partial charge in [0, 0.05) is 36.5 Å². The smallest absolute Gasteiger partial charge is 0.251 e. The summed E-state index contributed by atoms with van der Waals surface area (Å²) in [7, 11) is 0. The van der Waals surface area contributed by atoms with Crippen LogP contribution in [0.25, 0.3) is 0 Å². The number of nitrogens with one attached hydrogen (secondary N) is 2. The summed E-state index contributed by atoms with van der Waals surface area (Å²) >= 11 is 0. The lowest BCUT2D eigenvalue weighted by molar-refractivity contribution is -0.146. The van der Waals surface area contributed by atoms with Crippen molar-refractivity contribution in [3.63, 3.8) is 0 Å². The van der Waals surface area contributed by atoms with Crippen molar-refractivity contribution in [1.82, 2.24) is 15.5 Å². The highest BCUT2D eigenvalue weighted by Gasteiger charge is 2.42. The molecule has 1 aliphatic carbocycles. The average molecular weight is 489 g/mol. The van der Waals surface area contributed by atoms with Gasteiger partial charge in [0.25, 0.3) is 5.91 Å². The fourth-order valence-corrected chi connectivity index (χ4v) is 4.72. The van der Waals surface area contributed by atoms with E-state index >= 15 is 0 Å². The number of nitrogens with zero attached hydrogens (tertiary/aromatic N) is 2. The lowest BCUT2D eigenvalue weighted by atomic mass is 9.84. The van der Waals surface area contributed by atoms with Crippen LogP contribution >= 0.6 is 0 Å². The maximum Gasteiger partial charge on any atom is 0.251 e. The Hall–Kier alpha value is -3.21. The van der Waals surface area contributed by atoms with Gasteiger partial charge in [0.05, 0.1) is 17.2 Å². The third-order valence-corrected chi connectivity index (χ3v) is 7.44. The number of hydrogen-bond acceptors (Lipinski definition) is 5. The molecule has 7 heteroatoms. The molecular weight excluding hydrogens is 452 g/mol. The minimum absolute atomic E-state index is 0.0339. The molecule has 190 valence electrons. The van der Waals surface area contributed by atoms with Crippen LogP contribution in [0.5, 0.6) is 0 Å². The number of amides is 2. The van der Waals surface area contributed by atoms with Gasteiger partial charge in [-0.3, -0.25) is 9.59 Å². The topological polar surface area (TPSA) is 105 Å². The Morgan fingerprint density at radius 1 is 1.14 bits per heavy atom. The molecule has 2 fully saturated rings. The maximum atomic E-state index is 13.2. The predicted molar refractivity (Wildman–Crippen MR) is 138 cm³/mol. The SMILES string of the molecule is Cc1ccc([C@@H]2C[C@H]2NCCC[C@H](NC(=O)c2ccc(C#N)cc2)C(=O)N2CC(C(C)(C)O)C2)cc1. The lowest BCUT2D eigenvalue weighted by Crippen LogP contribution is -2.61. The van der Waals surface area contributed by atoms with Gasteiger partial charge >= 0.3 is 0 Å². The molecule has 1 heterocycles. The Balaban J connectivity index is 1.31. The van der Waals surface area contributed by atoms with Crippen LogP contribution in [-0.4, -0.2) is 59.1 Å². The standard InChI is InChI=1S/C29H36N4O3/c1-19-6-10-21(11-7-19)24-15-26(24)31-14-4-5-25(28(35)33-17-23(18-33)29(2,3)36)32-27(34)22-12-8-20(16-30)9-13-22/h6-13,23-26,31,36H,4-5,14-15,17-18H2,1-3H3,(H,32,34)/t24-,25-,26+/m0/s1. The summed E-state index contributed by atoms with van der Waals surface area (Å²) in [5, 5.41) is 25.7. The van der Waals surface area contributed by atoms with Gasteiger partial charge in [0.15, 0.2) is 0 Å². The fourth-order valence-electron chi connectivity index (χ4n) is 4.72. The molecule has 0 unspecified atom stereocenters. The largest absolute Gasteiger partial charge is 0.390 e. The minimum Gasteiger partial charge on any atom is -0.390 e. The second-order valence-corrected chi connectivity index (χ2v) is 10.8. The van der Waals surface area contributed by atoms with E-state index in [1.54, 1.807) is 43.0 Å². The molecule has 2 aromatic rings. The summed E-state index contributed by atoms with van der Waals surface area (Å²) < 4.78 is 0. The van der Waals surface area contributed by atoms with Crippen LogP contribution in [0.1, 0.15) is 66.1 Å². The number of benzene rings is 2. The Labute approximate surface area is 213 Å². The summed E-state index contributed by atoms with van der Waals surface area (Å²) in [5.74, 6) is 0.138. The Bertz CT molecular complexity index is 1110. The molecule has 0 spiro atoms. The van der Waals surface area contributed by atoms with Gasteiger partial charge in [0.1, 0.15) is 6.04 Å². The minimum atomic E-state index is -0.833. The molecule has 4 rings (SSSR count). The van der Waals surface area contributed by atoms with Crippen molar-refractivity contribution in [2.75, 3.05) is 19.6 Å². The first-order valence-corrected chi connectivity index (χ1v) is 12.8. The van der Waals surface area contributed by atoms with E-state index in [-0.39, 0.29) is 17.7 Å². The molecule has 2 amide bonds. The Morgan fingerprint density at radius 2 is 1.81 bits per heavy atom. The van der Waals surface area contributed by atoms with Gasteiger partial charge in [-0.05, 0) is 76.4 Å². The molecule has 1 saturated carbocycles. The van der Waals surface area contributed by atoms with E-state index in [4.69, 9.17) is 5.26 Å². The van der Waals surface area contributed by atoms with Crippen LogP contribution in [-0.2, 0) is 4.79 Å². The number of aryl methyl sites for hydroxylation is 1. The fraction of sp³-hybridized carbons (Fsp3) is 0.483. The van der Waals surface area contributed by atoms with E-state index < -0.39 is 11.6 Å². The number of nitriles is 1. The van der Waals surface area contributed by atoms with E-state index in [1.165, 1.54) is 11.1 Å². The molecule has 2 aromatic carbocycles. The van der Waals surface area contributed by atoms with Gasteiger partial charge < -0.3 is 20.6 Å². The monoisotopic (exact) mass is 488 g/mol. The molecule has 3 N–H and O–H groups in total. The molecule has 3 atom stereocenters. The zero-order valence-corrected chi connectivity index (χ0v) is 21.3. The van der Waals surface area contributed by atoms with Crippen molar-refractivity contribution in [3.05, 3.63) is 70.8 Å². The summed E-state index contributed by atoms with van der Waals surface area (Å²) in [5.41, 5.74) is 2.69. The summed E-state index contributed by atoms with van der Waals surface area (Å²) in [6.45, 7) is 7.37. The van der Waals surface area contributed by atoms with Crippen molar-refractivity contribution < 1.29 is 14.7 Å². The highest BCUT2D eigenvalue weighted by Crippen LogP contribution is 2.40. The maximum absolute atomic E-state index is 13.2. The quantitative estimate of drug-likeness (QED) is 0.446. The second-order valence-electron chi connectivity index (χ2n) is 10.8. The lowest BCUT2D eigenvalue weighted by Gasteiger charge is -2.46. The van der Waals surface area contributed by atoms with Crippen molar-refractivity contribution in [2.45, 2.75) is 63.6 Å². The van der Waals surface area contributed by atoms with E-state index in [0.29, 0.717) is 42.6 Å². The van der Waals surface area contributed by atoms with Crippen molar-refractivity contribution in [3.8, 4) is 6.07 Å². The highest BCUT2D eigenvalue weighted by molar-refractivity contribution is 5.97. The Kier molecular flexibility index (Phi) is 7.77. The highest BCUT2D eigenvalue weighted by atomic mass is 16.3. The van der Waals surface area contributed by atoms with Gasteiger partial charge in [-0.15, -0.1) is 0 Å². The van der Waals surface area contributed by atoms with Crippen molar-refractivity contribution >= 4 is 11.8 Å². The molecule has 36 heavy (non-hydrogen) atoms. The average Bonchev–Trinajstić information content (AvgIpc) is 3.59. The summed E-state index contributed by atoms with van der Waals surface area (Å²) in [6.07, 6.45) is 2.40. The van der Waals surface area contributed by atoms with Gasteiger partial charge in [-0.25, -0.2) is 0 Å². The molecule has 1 aliphatic heterocycles. The normalized spacial score (nSPS) is 20.2. The first-order valence-electron chi connectivity index (χ1n) is 12.8. The summed E-state index contributed by atoms with van der Waals surface area (Å²) in [4.78, 5) is 27.8. The zero-order valence-electron chi connectivity index (χ0n) is 21.3. The van der Waals surface area contributed by atoms with Crippen LogP contribution in [0.3, 0.4) is 0 Å². The third kappa shape index (κ3) is 6.31. The molecule has 0 bridgehead atoms. The van der Waals surface area contributed by atoms with Crippen LogP contribution in [0, 0.1) is 24.2 Å². The number of carbonyl (C=O) groups excluding carboxylic acids is 2. The van der Waals surface area contributed by atoms with Crippen LogP contribution in [0.2, 0.25) is 0 Å². The van der Waals surface area contributed by atoms with E-state index in [1.807, 2.05) is 6.07 Å². The molecule has 1 saturated heterocycles. The van der Waals surface area contributed by atoms with Gasteiger partial charge in [0.2, 0.25) is 5.91 Å². The molecule has 2 aliphatic rings. The van der Waals surface area contributed by atoms with Crippen LogP contribution in [0.15, 0.2) is 48.5 Å². The van der Waals surface area contributed by atoms with Gasteiger partial charge in [-0.2, -0.15) is 5.26 Å².